The zero-order valence-corrected chi connectivity index (χ0v) is 15.1. The number of hydrogen-bond donors (Lipinski definition) is 1. The minimum absolute atomic E-state index is 0.0506. The number of nitrogens with zero attached hydrogens (tertiary/aromatic N) is 2. The summed E-state index contributed by atoms with van der Waals surface area (Å²) in [6.45, 7) is 2.91. The first-order valence-electron chi connectivity index (χ1n) is 8.99. The molecule has 0 radical (unpaired) electrons. The third-order valence-corrected chi connectivity index (χ3v) is 4.78. The molecule has 136 valence electrons. The smallest absolute Gasteiger partial charge is 0.246 e. The number of nitrogens with two attached hydrogens (primary N) is 1. The maximum Gasteiger partial charge on any atom is 0.246 e. The molecule has 0 spiro atoms. The van der Waals surface area contributed by atoms with Gasteiger partial charge in [0.1, 0.15) is 6.54 Å². The lowest BCUT2D eigenvalue weighted by atomic mass is 10.0. The van der Waals surface area contributed by atoms with E-state index in [1.807, 2.05) is 49.4 Å². The number of carbonyl (C=O) groups excluding carboxylic acids is 2. The van der Waals surface area contributed by atoms with Crippen LogP contribution in [0.3, 0.4) is 0 Å². The predicted molar refractivity (Wildman–Crippen MR) is 103 cm³/mol. The monoisotopic (exact) mass is 351 g/mol. The Balaban J connectivity index is 1.85. The second-order valence-corrected chi connectivity index (χ2v) is 6.74. The molecule has 1 aliphatic heterocycles. The lowest BCUT2D eigenvalue weighted by Crippen LogP contribution is -2.59. The van der Waals surface area contributed by atoms with Crippen molar-refractivity contribution in [2.45, 2.75) is 25.8 Å². The maximum atomic E-state index is 12.7. The van der Waals surface area contributed by atoms with Crippen molar-refractivity contribution in [2.24, 2.45) is 5.73 Å². The average molecular weight is 351 g/mol. The number of piperazine rings is 1. The number of rotatable bonds is 5. The van der Waals surface area contributed by atoms with E-state index in [4.69, 9.17) is 5.73 Å². The Labute approximate surface area is 154 Å². The van der Waals surface area contributed by atoms with Crippen LogP contribution in [0, 0.1) is 6.92 Å². The highest BCUT2D eigenvalue weighted by atomic mass is 16.2. The van der Waals surface area contributed by atoms with Gasteiger partial charge in [0.05, 0.1) is 6.04 Å². The SMILES string of the molecule is Cc1ccc(N2C[C@@H](Cc3ccccc3)N(C(=O)CCN)CC2=O)cc1. The van der Waals surface area contributed by atoms with Crippen LogP contribution in [0.2, 0.25) is 0 Å². The molecule has 2 amide bonds. The van der Waals surface area contributed by atoms with E-state index in [-0.39, 0.29) is 30.8 Å². The van der Waals surface area contributed by atoms with E-state index in [9.17, 15) is 9.59 Å². The standard InChI is InChI=1S/C21H25N3O2/c1-16-7-9-18(10-8-16)23-14-19(13-17-5-3-2-4-6-17)24(15-21(23)26)20(25)11-12-22/h2-10,19H,11-15,22H2,1H3/t19-/m1/s1. The molecule has 2 aromatic carbocycles. The molecule has 3 rings (SSSR count). The minimum Gasteiger partial charge on any atom is -0.330 e. The first-order chi connectivity index (χ1) is 12.6. The predicted octanol–water partition coefficient (Wildman–Crippen LogP) is 2.13. The van der Waals surface area contributed by atoms with Gasteiger partial charge in [0, 0.05) is 25.2 Å². The Morgan fingerprint density at radius 2 is 1.81 bits per heavy atom. The molecule has 0 unspecified atom stereocenters. The second-order valence-electron chi connectivity index (χ2n) is 6.74. The number of anilines is 1. The van der Waals surface area contributed by atoms with Crippen molar-refractivity contribution in [3.8, 4) is 0 Å². The topological polar surface area (TPSA) is 66.6 Å². The Morgan fingerprint density at radius 1 is 1.12 bits per heavy atom. The number of hydrogen-bond acceptors (Lipinski definition) is 3. The molecule has 0 saturated carbocycles. The van der Waals surface area contributed by atoms with Crippen LogP contribution in [0.4, 0.5) is 5.69 Å². The number of benzene rings is 2. The van der Waals surface area contributed by atoms with E-state index < -0.39 is 0 Å². The van der Waals surface area contributed by atoms with Crippen molar-refractivity contribution in [1.29, 1.82) is 0 Å². The molecule has 1 fully saturated rings. The summed E-state index contributed by atoms with van der Waals surface area (Å²) in [7, 11) is 0. The molecule has 2 aromatic rings. The first-order valence-corrected chi connectivity index (χ1v) is 8.99. The van der Waals surface area contributed by atoms with Crippen LogP contribution in [0.5, 0.6) is 0 Å². The van der Waals surface area contributed by atoms with Crippen LogP contribution >= 0.6 is 0 Å². The summed E-state index contributed by atoms with van der Waals surface area (Å²) in [5.74, 6) is -0.103. The molecule has 5 heteroatoms. The average Bonchev–Trinajstić information content (AvgIpc) is 2.65. The van der Waals surface area contributed by atoms with Crippen molar-refractivity contribution in [3.63, 3.8) is 0 Å². The summed E-state index contributed by atoms with van der Waals surface area (Å²) in [4.78, 5) is 28.7. The molecule has 5 nitrogen and oxygen atoms in total. The van der Waals surface area contributed by atoms with Gasteiger partial charge < -0.3 is 15.5 Å². The second kappa shape index (κ2) is 8.15. The summed E-state index contributed by atoms with van der Waals surface area (Å²) in [6, 6.07) is 17.9. The molecule has 1 saturated heterocycles. The summed E-state index contributed by atoms with van der Waals surface area (Å²) in [5.41, 5.74) is 8.74. The zero-order chi connectivity index (χ0) is 18.5. The zero-order valence-electron chi connectivity index (χ0n) is 15.1. The van der Waals surface area contributed by atoms with Crippen LogP contribution in [-0.2, 0) is 16.0 Å². The summed E-state index contributed by atoms with van der Waals surface area (Å²) in [6.07, 6.45) is 0.982. The van der Waals surface area contributed by atoms with E-state index in [0.717, 1.165) is 16.8 Å². The van der Waals surface area contributed by atoms with Gasteiger partial charge in [-0.05, 0) is 31.0 Å². The van der Waals surface area contributed by atoms with E-state index >= 15 is 0 Å². The number of amides is 2. The van der Waals surface area contributed by atoms with Gasteiger partial charge in [-0.3, -0.25) is 9.59 Å². The fraction of sp³-hybridized carbons (Fsp3) is 0.333. The normalized spacial score (nSPS) is 17.5. The summed E-state index contributed by atoms with van der Waals surface area (Å²) >= 11 is 0. The van der Waals surface area contributed by atoms with E-state index in [2.05, 4.69) is 12.1 Å². The first kappa shape index (κ1) is 18.1. The van der Waals surface area contributed by atoms with Gasteiger partial charge in [0.2, 0.25) is 11.8 Å². The largest absolute Gasteiger partial charge is 0.330 e. The van der Waals surface area contributed by atoms with Gasteiger partial charge in [0.15, 0.2) is 0 Å². The van der Waals surface area contributed by atoms with Gasteiger partial charge in [-0.1, -0.05) is 48.0 Å². The van der Waals surface area contributed by atoms with E-state index in [1.165, 1.54) is 0 Å². The van der Waals surface area contributed by atoms with E-state index in [1.54, 1.807) is 9.80 Å². The third kappa shape index (κ3) is 4.11. The highest BCUT2D eigenvalue weighted by Gasteiger charge is 2.35. The molecular formula is C21H25N3O2. The van der Waals surface area contributed by atoms with Crippen LogP contribution in [0.25, 0.3) is 0 Å². The van der Waals surface area contributed by atoms with Crippen molar-refractivity contribution in [2.75, 3.05) is 24.5 Å². The van der Waals surface area contributed by atoms with Gasteiger partial charge in [-0.2, -0.15) is 0 Å². The number of carbonyl (C=O) groups is 2. The quantitative estimate of drug-likeness (QED) is 0.897. The van der Waals surface area contributed by atoms with Crippen LogP contribution in [0.1, 0.15) is 17.5 Å². The Morgan fingerprint density at radius 3 is 2.46 bits per heavy atom. The Bertz CT molecular complexity index is 759. The molecule has 2 N–H and O–H groups in total. The van der Waals surface area contributed by atoms with Crippen molar-refractivity contribution < 1.29 is 9.59 Å². The fourth-order valence-electron chi connectivity index (χ4n) is 3.37. The minimum atomic E-state index is -0.0598. The lowest BCUT2D eigenvalue weighted by molar-refractivity contribution is -0.139. The molecule has 1 aliphatic rings. The van der Waals surface area contributed by atoms with Crippen molar-refractivity contribution in [1.82, 2.24) is 4.90 Å². The molecule has 1 heterocycles. The molecule has 1 atom stereocenters. The fourth-order valence-corrected chi connectivity index (χ4v) is 3.37. The Hall–Kier alpha value is -2.66. The molecule has 26 heavy (non-hydrogen) atoms. The lowest BCUT2D eigenvalue weighted by Gasteiger charge is -2.41. The van der Waals surface area contributed by atoms with Crippen molar-refractivity contribution in [3.05, 3.63) is 65.7 Å². The van der Waals surface area contributed by atoms with E-state index in [0.29, 0.717) is 19.5 Å². The maximum absolute atomic E-state index is 12.7. The van der Waals surface area contributed by atoms with Crippen LogP contribution < -0.4 is 10.6 Å². The van der Waals surface area contributed by atoms with Crippen molar-refractivity contribution >= 4 is 17.5 Å². The van der Waals surface area contributed by atoms with Gasteiger partial charge in [-0.15, -0.1) is 0 Å². The molecular weight excluding hydrogens is 326 g/mol. The van der Waals surface area contributed by atoms with Gasteiger partial charge in [-0.25, -0.2) is 0 Å². The highest BCUT2D eigenvalue weighted by Crippen LogP contribution is 2.23. The van der Waals surface area contributed by atoms with Gasteiger partial charge >= 0.3 is 0 Å². The summed E-state index contributed by atoms with van der Waals surface area (Å²) < 4.78 is 0. The van der Waals surface area contributed by atoms with Crippen LogP contribution in [0.15, 0.2) is 54.6 Å². The Kier molecular flexibility index (Phi) is 5.68. The molecule has 0 aliphatic carbocycles. The summed E-state index contributed by atoms with van der Waals surface area (Å²) in [5, 5.41) is 0. The molecule has 0 bridgehead atoms. The molecule has 0 aromatic heterocycles. The van der Waals surface area contributed by atoms with Crippen LogP contribution in [-0.4, -0.2) is 42.4 Å². The van der Waals surface area contributed by atoms with Gasteiger partial charge in [0.25, 0.3) is 0 Å². The highest BCUT2D eigenvalue weighted by molar-refractivity contribution is 5.98. The third-order valence-electron chi connectivity index (χ3n) is 4.78. The number of aryl methyl sites for hydroxylation is 1.